The van der Waals surface area contributed by atoms with Crippen molar-refractivity contribution in [1.82, 2.24) is 0 Å². The predicted molar refractivity (Wildman–Crippen MR) is 83.9 cm³/mol. The van der Waals surface area contributed by atoms with Gasteiger partial charge in [-0.15, -0.1) is 0 Å². The van der Waals surface area contributed by atoms with E-state index in [0.717, 1.165) is 41.0 Å². The maximum Gasteiger partial charge on any atom is 0.126 e. The van der Waals surface area contributed by atoms with Crippen molar-refractivity contribution < 1.29 is 9.84 Å². The molecule has 1 aliphatic carbocycles. The monoisotopic (exact) mass is 338 g/mol. The molecule has 2 nitrogen and oxygen atoms in total. The van der Waals surface area contributed by atoms with Crippen LogP contribution in [0, 0.1) is 5.92 Å². The normalized spacial score (nSPS) is 32.8. The molecule has 1 aliphatic heterocycles. The van der Waals surface area contributed by atoms with E-state index in [0.29, 0.717) is 0 Å². The van der Waals surface area contributed by atoms with E-state index >= 15 is 0 Å². The zero-order valence-corrected chi connectivity index (χ0v) is 13.7. The summed E-state index contributed by atoms with van der Waals surface area (Å²) in [5, 5.41) is 10.5. The van der Waals surface area contributed by atoms with E-state index < -0.39 is 0 Å². The van der Waals surface area contributed by atoms with Crippen LogP contribution >= 0.6 is 15.9 Å². The van der Waals surface area contributed by atoms with Crippen LogP contribution in [0.5, 0.6) is 5.75 Å². The second-order valence-electron chi connectivity index (χ2n) is 6.42. The lowest BCUT2D eigenvalue weighted by atomic mass is 9.73. The molecule has 0 bridgehead atoms. The van der Waals surface area contributed by atoms with E-state index in [4.69, 9.17) is 4.74 Å². The molecule has 0 radical (unpaired) electrons. The van der Waals surface area contributed by atoms with Crippen molar-refractivity contribution in [1.29, 1.82) is 0 Å². The number of rotatable bonds is 2. The van der Waals surface area contributed by atoms with Crippen molar-refractivity contribution in [2.24, 2.45) is 5.92 Å². The molecule has 3 heteroatoms. The molecule has 1 N–H and O–H groups in total. The first-order valence-electron chi connectivity index (χ1n) is 7.78. The van der Waals surface area contributed by atoms with Gasteiger partial charge >= 0.3 is 0 Å². The van der Waals surface area contributed by atoms with Crippen LogP contribution in [0.2, 0.25) is 0 Å². The summed E-state index contributed by atoms with van der Waals surface area (Å²) in [6.07, 6.45) is 7.63. The van der Waals surface area contributed by atoms with Gasteiger partial charge in [0, 0.05) is 16.5 Å². The Balaban J connectivity index is 1.76. The highest BCUT2D eigenvalue weighted by Gasteiger charge is 2.42. The number of hydrogen-bond acceptors (Lipinski definition) is 2. The van der Waals surface area contributed by atoms with E-state index in [9.17, 15) is 5.11 Å². The Labute approximate surface area is 129 Å². The largest absolute Gasteiger partial charge is 0.487 e. The highest BCUT2D eigenvalue weighted by Crippen LogP contribution is 2.48. The third kappa shape index (κ3) is 2.75. The summed E-state index contributed by atoms with van der Waals surface area (Å²) in [6.45, 7) is 2.26. The molecule has 0 amide bonds. The molecule has 20 heavy (non-hydrogen) atoms. The SMILES string of the molecule is CCCC1CCC2(CC1)CC(O)c1cc(Br)ccc1O2. The fraction of sp³-hybridized carbons (Fsp3) is 0.647. The molecule has 0 saturated heterocycles. The number of benzene rings is 1. The van der Waals surface area contributed by atoms with E-state index in [1.807, 2.05) is 18.2 Å². The van der Waals surface area contributed by atoms with Gasteiger partial charge in [0.15, 0.2) is 0 Å². The smallest absolute Gasteiger partial charge is 0.126 e. The summed E-state index contributed by atoms with van der Waals surface area (Å²) < 4.78 is 7.33. The van der Waals surface area contributed by atoms with Gasteiger partial charge in [-0.2, -0.15) is 0 Å². The number of ether oxygens (including phenoxy) is 1. The molecule has 1 aromatic rings. The summed E-state index contributed by atoms with van der Waals surface area (Å²) in [7, 11) is 0. The lowest BCUT2D eigenvalue weighted by Crippen LogP contribution is -2.44. The molecule has 1 fully saturated rings. The minimum absolute atomic E-state index is 0.121. The molecular formula is C17H23BrO2. The van der Waals surface area contributed by atoms with Crippen molar-refractivity contribution in [2.45, 2.75) is 63.6 Å². The first kappa shape index (κ1) is 14.4. The van der Waals surface area contributed by atoms with Crippen LogP contribution in [0.15, 0.2) is 22.7 Å². The maximum absolute atomic E-state index is 10.5. The highest BCUT2D eigenvalue weighted by molar-refractivity contribution is 9.10. The van der Waals surface area contributed by atoms with Crippen LogP contribution in [-0.4, -0.2) is 10.7 Å². The van der Waals surface area contributed by atoms with Gasteiger partial charge in [-0.3, -0.25) is 0 Å². The van der Waals surface area contributed by atoms with E-state index in [1.54, 1.807) is 0 Å². The van der Waals surface area contributed by atoms with Gasteiger partial charge in [0.2, 0.25) is 0 Å². The third-order valence-electron chi connectivity index (χ3n) is 4.94. The van der Waals surface area contributed by atoms with Crippen molar-refractivity contribution in [3.63, 3.8) is 0 Å². The minimum Gasteiger partial charge on any atom is -0.487 e. The predicted octanol–water partition coefficient (Wildman–Crippen LogP) is 4.99. The number of aliphatic hydroxyl groups is 1. The quantitative estimate of drug-likeness (QED) is 0.822. The summed E-state index contributed by atoms with van der Waals surface area (Å²) in [5.74, 6) is 1.73. The zero-order chi connectivity index (χ0) is 14.2. The van der Waals surface area contributed by atoms with Crippen LogP contribution in [0.3, 0.4) is 0 Å². The standard InChI is InChI=1S/C17H23BrO2/c1-2-3-12-6-8-17(9-7-12)11-15(19)14-10-13(18)4-5-16(14)20-17/h4-5,10,12,15,19H,2-3,6-9,11H2,1H3. The Morgan fingerprint density at radius 1 is 1.35 bits per heavy atom. The summed E-state index contributed by atoms with van der Waals surface area (Å²) in [6, 6.07) is 5.96. The summed E-state index contributed by atoms with van der Waals surface area (Å²) in [5.41, 5.74) is 0.811. The fourth-order valence-electron chi connectivity index (χ4n) is 3.82. The maximum atomic E-state index is 10.5. The molecule has 1 saturated carbocycles. The number of fused-ring (bicyclic) bond motifs is 1. The van der Waals surface area contributed by atoms with Gasteiger partial charge in [0.05, 0.1) is 6.10 Å². The van der Waals surface area contributed by atoms with Crippen LogP contribution in [-0.2, 0) is 0 Å². The zero-order valence-electron chi connectivity index (χ0n) is 12.1. The lowest BCUT2D eigenvalue weighted by molar-refractivity contribution is -0.0474. The lowest BCUT2D eigenvalue weighted by Gasteiger charge is -2.45. The van der Waals surface area contributed by atoms with Crippen molar-refractivity contribution in [2.75, 3.05) is 0 Å². The Hall–Kier alpha value is -0.540. The molecule has 1 atom stereocenters. The third-order valence-corrected chi connectivity index (χ3v) is 5.43. The topological polar surface area (TPSA) is 29.5 Å². The van der Waals surface area contributed by atoms with Gasteiger partial charge < -0.3 is 9.84 Å². The van der Waals surface area contributed by atoms with Gasteiger partial charge in [-0.1, -0.05) is 35.7 Å². The minimum atomic E-state index is -0.390. The average Bonchev–Trinajstić information content (AvgIpc) is 2.43. The van der Waals surface area contributed by atoms with Gasteiger partial charge in [0.1, 0.15) is 11.4 Å². The second kappa shape index (κ2) is 5.69. The van der Waals surface area contributed by atoms with Gasteiger partial charge in [-0.25, -0.2) is 0 Å². The highest BCUT2D eigenvalue weighted by atomic mass is 79.9. The fourth-order valence-corrected chi connectivity index (χ4v) is 4.20. The molecule has 1 aromatic carbocycles. The Kier molecular flexibility index (Phi) is 4.09. The molecule has 1 spiro atoms. The van der Waals surface area contributed by atoms with Gasteiger partial charge in [0.25, 0.3) is 0 Å². The molecule has 1 unspecified atom stereocenters. The van der Waals surface area contributed by atoms with E-state index in [2.05, 4.69) is 22.9 Å². The second-order valence-corrected chi connectivity index (χ2v) is 7.33. The number of halogens is 1. The van der Waals surface area contributed by atoms with Crippen LogP contribution < -0.4 is 4.74 Å². The van der Waals surface area contributed by atoms with Crippen LogP contribution in [0.1, 0.15) is 63.5 Å². The Morgan fingerprint density at radius 2 is 2.10 bits per heavy atom. The van der Waals surface area contributed by atoms with Crippen LogP contribution in [0.25, 0.3) is 0 Å². The summed E-state index contributed by atoms with van der Waals surface area (Å²) in [4.78, 5) is 0. The van der Waals surface area contributed by atoms with E-state index in [1.165, 1.54) is 25.7 Å². The van der Waals surface area contributed by atoms with E-state index in [-0.39, 0.29) is 11.7 Å². The van der Waals surface area contributed by atoms with Crippen molar-refractivity contribution >= 4 is 15.9 Å². The Bertz CT molecular complexity index is 478. The average molecular weight is 339 g/mol. The number of aliphatic hydroxyl groups excluding tert-OH is 1. The Morgan fingerprint density at radius 3 is 2.80 bits per heavy atom. The van der Waals surface area contributed by atoms with Gasteiger partial charge in [-0.05, 0) is 49.8 Å². The van der Waals surface area contributed by atoms with Crippen molar-refractivity contribution in [3.8, 4) is 5.75 Å². The first-order chi connectivity index (χ1) is 9.62. The van der Waals surface area contributed by atoms with Crippen molar-refractivity contribution in [3.05, 3.63) is 28.2 Å². The molecule has 0 aromatic heterocycles. The molecule has 1 heterocycles. The molecule has 110 valence electrons. The van der Waals surface area contributed by atoms with Crippen LogP contribution in [0.4, 0.5) is 0 Å². The molecule has 3 rings (SSSR count). The molecule has 2 aliphatic rings. The molecular weight excluding hydrogens is 316 g/mol. The summed E-state index contributed by atoms with van der Waals surface area (Å²) >= 11 is 3.46. The first-order valence-corrected chi connectivity index (χ1v) is 8.58. The number of hydrogen-bond donors (Lipinski definition) is 1.